The third-order valence-electron chi connectivity index (χ3n) is 4.85. The standard InChI is InChI=1S/C16H21NO3S/c1-17(13-8-10-21(19,20)11-9-13)16(18)15-7-6-12-4-2-3-5-14(12)15/h2-5,13,15H,6-11H2,1H3/t15-/m0/s1. The molecule has 1 atom stereocenters. The molecule has 1 heterocycles. The first-order valence-electron chi connectivity index (χ1n) is 7.53. The number of likely N-dealkylation sites (N-methyl/N-ethyl adjacent to an activating group) is 1. The zero-order valence-corrected chi connectivity index (χ0v) is 13.1. The van der Waals surface area contributed by atoms with Gasteiger partial charge in [-0.05, 0) is 36.8 Å². The Bertz CT molecular complexity index is 639. The first-order chi connectivity index (χ1) is 9.98. The van der Waals surface area contributed by atoms with Crippen LogP contribution in [-0.2, 0) is 21.1 Å². The SMILES string of the molecule is CN(C(=O)[C@H]1CCc2ccccc21)C1CCS(=O)(=O)CC1. The zero-order chi connectivity index (χ0) is 15.0. The fourth-order valence-corrected chi connectivity index (χ4v) is 4.97. The highest BCUT2D eigenvalue weighted by Crippen LogP contribution is 2.35. The fraction of sp³-hybridized carbons (Fsp3) is 0.562. The summed E-state index contributed by atoms with van der Waals surface area (Å²) in [6.45, 7) is 0. The Morgan fingerprint density at radius 1 is 1.14 bits per heavy atom. The number of sulfone groups is 1. The van der Waals surface area contributed by atoms with Crippen LogP contribution in [0.25, 0.3) is 0 Å². The van der Waals surface area contributed by atoms with Gasteiger partial charge in [-0.25, -0.2) is 8.42 Å². The molecule has 0 radical (unpaired) electrons. The number of hydrogen-bond donors (Lipinski definition) is 0. The number of hydrogen-bond acceptors (Lipinski definition) is 3. The van der Waals surface area contributed by atoms with Gasteiger partial charge < -0.3 is 4.90 Å². The molecule has 1 aliphatic carbocycles. The van der Waals surface area contributed by atoms with Gasteiger partial charge in [0.2, 0.25) is 5.91 Å². The highest BCUT2D eigenvalue weighted by Gasteiger charge is 2.34. The molecule has 0 aromatic heterocycles. The van der Waals surface area contributed by atoms with Crippen molar-refractivity contribution in [3.8, 4) is 0 Å². The second kappa shape index (κ2) is 5.44. The van der Waals surface area contributed by atoms with Gasteiger partial charge in [0.25, 0.3) is 0 Å². The molecule has 1 saturated heterocycles. The molecule has 21 heavy (non-hydrogen) atoms. The van der Waals surface area contributed by atoms with Crippen LogP contribution in [0.2, 0.25) is 0 Å². The molecule has 0 N–H and O–H groups in total. The van der Waals surface area contributed by atoms with Gasteiger partial charge in [0.1, 0.15) is 9.84 Å². The van der Waals surface area contributed by atoms with Crippen molar-refractivity contribution in [2.45, 2.75) is 37.6 Å². The molecule has 5 heteroatoms. The van der Waals surface area contributed by atoms with Crippen molar-refractivity contribution in [1.29, 1.82) is 0 Å². The van der Waals surface area contributed by atoms with Gasteiger partial charge in [-0.2, -0.15) is 0 Å². The minimum Gasteiger partial charge on any atom is -0.342 e. The van der Waals surface area contributed by atoms with E-state index >= 15 is 0 Å². The lowest BCUT2D eigenvalue weighted by Gasteiger charge is -2.33. The Labute approximate surface area is 126 Å². The summed E-state index contributed by atoms with van der Waals surface area (Å²) in [5, 5.41) is 0. The van der Waals surface area contributed by atoms with E-state index in [1.54, 1.807) is 4.90 Å². The van der Waals surface area contributed by atoms with Crippen molar-refractivity contribution in [1.82, 2.24) is 4.90 Å². The molecule has 1 fully saturated rings. The molecule has 0 spiro atoms. The molecular formula is C16H21NO3S. The van der Waals surface area contributed by atoms with Crippen molar-refractivity contribution in [3.63, 3.8) is 0 Å². The smallest absolute Gasteiger partial charge is 0.230 e. The molecule has 2 aliphatic rings. The molecular weight excluding hydrogens is 286 g/mol. The van der Waals surface area contributed by atoms with Crippen LogP contribution in [0.15, 0.2) is 24.3 Å². The number of nitrogens with zero attached hydrogens (tertiary/aromatic N) is 1. The van der Waals surface area contributed by atoms with E-state index in [4.69, 9.17) is 0 Å². The van der Waals surface area contributed by atoms with Crippen molar-refractivity contribution < 1.29 is 13.2 Å². The molecule has 1 aromatic carbocycles. The lowest BCUT2D eigenvalue weighted by atomic mass is 9.98. The van der Waals surface area contributed by atoms with Gasteiger partial charge in [0, 0.05) is 13.1 Å². The van der Waals surface area contributed by atoms with E-state index in [1.807, 2.05) is 25.2 Å². The number of benzene rings is 1. The minimum absolute atomic E-state index is 0.0512. The topological polar surface area (TPSA) is 54.5 Å². The minimum atomic E-state index is -2.88. The Balaban J connectivity index is 1.72. The molecule has 3 rings (SSSR count). The van der Waals surface area contributed by atoms with Crippen molar-refractivity contribution >= 4 is 15.7 Å². The molecule has 114 valence electrons. The summed E-state index contributed by atoms with van der Waals surface area (Å²) >= 11 is 0. The highest BCUT2D eigenvalue weighted by atomic mass is 32.2. The maximum absolute atomic E-state index is 12.7. The van der Waals surface area contributed by atoms with Gasteiger partial charge >= 0.3 is 0 Å². The van der Waals surface area contributed by atoms with Crippen LogP contribution in [0.5, 0.6) is 0 Å². The third-order valence-corrected chi connectivity index (χ3v) is 6.57. The largest absolute Gasteiger partial charge is 0.342 e. The molecule has 0 unspecified atom stereocenters. The van der Waals surface area contributed by atoms with Crippen LogP contribution in [0.4, 0.5) is 0 Å². The summed E-state index contributed by atoms with van der Waals surface area (Å²) in [7, 11) is -1.06. The monoisotopic (exact) mass is 307 g/mol. The maximum atomic E-state index is 12.7. The van der Waals surface area contributed by atoms with E-state index in [1.165, 1.54) is 5.56 Å². The Morgan fingerprint density at radius 3 is 2.52 bits per heavy atom. The summed E-state index contributed by atoms with van der Waals surface area (Å²) in [6.07, 6.45) is 2.96. The van der Waals surface area contributed by atoms with Gasteiger partial charge in [-0.3, -0.25) is 4.79 Å². The normalized spacial score (nSPS) is 24.5. The lowest BCUT2D eigenvalue weighted by molar-refractivity contribution is -0.133. The van der Waals surface area contributed by atoms with Gasteiger partial charge in [0.05, 0.1) is 17.4 Å². The first-order valence-corrected chi connectivity index (χ1v) is 9.35. The number of amides is 1. The van der Waals surface area contributed by atoms with Crippen molar-refractivity contribution in [3.05, 3.63) is 35.4 Å². The first kappa shape index (κ1) is 14.6. The van der Waals surface area contributed by atoms with Gasteiger partial charge in [-0.1, -0.05) is 24.3 Å². The van der Waals surface area contributed by atoms with E-state index < -0.39 is 9.84 Å². The summed E-state index contributed by atoms with van der Waals surface area (Å²) in [5.74, 6) is 0.501. The molecule has 1 aromatic rings. The lowest BCUT2D eigenvalue weighted by Crippen LogP contribution is -2.43. The summed E-state index contributed by atoms with van der Waals surface area (Å²) < 4.78 is 23.0. The third kappa shape index (κ3) is 2.84. The van der Waals surface area contributed by atoms with E-state index in [9.17, 15) is 13.2 Å². The quantitative estimate of drug-likeness (QED) is 0.836. The van der Waals surface area contributed by atoms with Crippen LogP contribution < -0.4 is 0 Å². The van der Waals surface area contributed by atoms with Gasteiger partial charge in [-0.15, -0.1) is 0 Å². The number of aryl methyl sites for hydroxylation is 1. The number of rotatable bonds is 2. The van der Waals surface area contributed by atoms with Gasteiger partial charge in [0.15, 0.2) is 0 Å². The second-order valence-corrected chi connectivity index (χ2v) is 8.43. The highest BCUT2D eigenvalue weighted by molar-refractivity contribution is 7.91. The van der Waals surface area contributed by atoms with E-state index in [0.29, 0.717) is 12.8 Å². The van der Waals surface area contributed by atoms with Crippen molar-refractivity contribution in [2.24, 2.45) is 0 Å². The number of carbonyl (C=O) groups excluding carboxylic acids is 1. The average molecular weight is 307 g/mol. The molecule has 1 amide bonds. The number of carbonyl (C=O) groups is 1. The second-order valence-electron chi connectivity index (χ2n) is 6.12. The van der Waals surface area contributed by atoms with Crippen LogP contribution in [-0.4, -0.2) is 43.8 Å². The summed E-state index contributed by atoms with van der Waals surface area (Å²) in [6, 6.07) is 8.20. The van der Waals surface area contributed by atoms with E-state index in [-0.39, 0.29) is 29.4 Å². The molecule has 0 bridgehead atoms. The average Bonchev–Trinajstić information content (AvgIpc) is 2.90. The summed E-state index contributed by atoms with van der Waals surface area (Å²) in [5.41, 5.74) is 2.42. The predicted molar refractivity (Wildman–Crippen MR) is 81.9 cm³/mol. The maximum Gasteiger partial charge on any atom is 0.230 e. The van der Waals surface area contributed by atoms with Crippen LogP contribution in [0, 0.1) is 0 Å². The number of fused-ring (bicyclic) bond motifs is 1. The van der Waals surface area contributed by atoms with Crippen molar-refractivity contribution in [2.75, 3.05) is 18.6 Å². The fourth-order valence-electron chi connectivity index (χ4n) is 3.50. The molecule has 4 nitrogen and oxygen atoms in total. The van der Waals surface area contributed by atoms with E-state index in [0.717, 1.165) is 18.4 Å². The molecule has 1 aliphatic heterocycles. The van der Waals surface area contributed by atoms with Crippen LogP contribution >= 0.6 is 0 Å². The van der Waals surface area contributed by atoms with Crippen LogP contribution in [0.1, 0.15) is 36.3 Å². The van der Waals surface area contributed by atoms with Crippen LogP contribution in [0.3, 0.4) is 0 Å². The van der Waals surface area contributed by atoms with E-state index in [2.05, 4.69) is 6.07 Å². The zero-order valence-electron chi connectivity index (χ0n) is 12.3. The summed E-state index contributed by atoms with van der Waals surface area (Å²) in [4.78, 5) is 14.5. The Hall–Kier alpha value is -1.36. The predicted octanol–water partition coefficient (Wildman–Crippen LogP) is 1.75. The Morgan fingerprint density at radius 2 is 1.81 bits per heavy atom. The Kier molecular flexibility index (Phi) is 3.78. The molecule has 0 saturated carbocycles.